The van der Waals surface area contributed by atoms with Crippen molar-refractivity contribution in [2.24, 2.45) is 0 Å². The first kappa shape index (κ1) is 12.8. The van der Waals surface area contributed by atoms with E-state index in [1.807, 2.05) is 42.5 Å². The van der Waals surface area contributed by atoms with E-state index >= 15 is 0 Å². The minimum atomic E-state index is -0.236. The molecule has 0 saturated heterocycles. The van der Waals surface area contributed by atoms with Crippen LogP contribution < -0.4 is 5.32 Å². The minimum Gasteiger partial charge on any atom is -0.301 e. The minimum absolute atomic E-state index is 0.236. The molecule has 1 heterocycles. The van der Waals surface area contributed by atoms with Gasteiger partial charge >= 0.3 is 0 Å². The second kappa shape index (κ2) is 6.93. The quantitative estimate of drug-likeness (QED) is 0.491. The summed E-state index contributed by atoms with van der Waals surface area (Å²) in [4.78, 5) is 16.1. The van der Waals surface area contributed by atoms with Crippen molar-refractivity contribution in [1.29, 1.82) is 0 Å². The van der Waals surface area contributed by atoms with Crippen molar-refractivity contribution in [2.75, 3.05) is 0 Å². The van der Waals surface area contributed by atoms with E-state index in [1.54, 1.807) is 12.4 Å². The van der Waals surface area contributed by atoms with Gasteiger partial charge in [0, 0.05) is 23.8 Å². The number of carbonyl (C=O) groups is 1. The molecule has 1 N–H and O–H groups in total. The maximum Gasteiger partial charge on any atom is 0.147 e. The molecule has 0 amide bonds. The highest BCUT2D eigenvalue weighted by Gasteiger charge is 2.07. The fourth-order valence-corrected chi connectivity index (χ4v) is 2.31. The molecule has 0 fully saturated rings. The molecular weight excluding hydrogens is 244 g/mol. The molecule has 1 unspecified atom stereocenters. The van der Waals surface area contributed by atoms with Gasteiger partial charge in [-0.05, 0) is 29.8 Å². The third kappa shape index (κ3) is 3.98. The number of thioether (sulfide) groups is 1. The normalized spacial score (nSPS) is 12.0. The van der Waals surface area contributed by atoms with Gasteiger partial charge in [0.1, 0.15) is 11.7 Å². The zero-order valence-corrected chi connectivity index (χ0v) is 10.6. The summed E-state index contributed by atoms with van der Waals surface area (Å²) in [6, 6.07) is 13.7. The van der Waals surface area contributed by atoms with Crippen LogP contribution in [0.1, 0.15) is 5.56 Å². The first-order valence-corrected chi connectivity index (χ1v) is 6.56. The standard InChI is InChI=1S/C14H14N2OS/c17-11-14(18-13-4-2-1-3-5-13)16-10-12-6-8-15-9-7-12/h1-9,11,14,16H,10H2. The summed E-state index contributed by atoms with van der Waals surface area (Å²) in [7, 11) is 0. The van der Waals surface area contributed by atoms with Crippen molar-refractivity contribution >= 4 is 18.0 Å². The van der Waals surface area contributed by atoms with Gasteiger partial charge in [0.15, 0.2) is 0 Å². The summed E-state index contributed by atoms with van der Waals surface area (Å²) in [5, 5.41) is 2.97. The van der Waals surface area contributed by atoms with Crippen LogP contribution >= 0.6 is 11.8 Å². The number of carbonyl (C=O) groups excluding carboxylic acids is 1. The molecule has 92 valence electrons. The zero-order valence-electron chi connectivity index (χ0n) is 9.82. The molecule has 0 bridgehead atoms. The van der Waals surface area contributed by atoms with E-state index in [4.69, 9.17) is 0 Å². The van der Waals surface area contributed by atoms with E-state index in [1.165, 1.54) is 11.8 Å². The Hall–Kier alpha value is -1.65. The van der Waals surface area contributed by atoms with Crippen LogP contribution in [0.4, 0.5) is 0 Å². The molecule has 0 radical (unpaired) electrons. The Morgan fingerprint density at radius 2 is 1.89 bits per heavy atom. The number of aldehydes is 1. The van der Waals surface area contributed by atoms with Gasteiger partial charge in [-0.15, -0.1) is 0 Å². The van der Waals surface area contributed by atoms with E-state index in [0.717, 1.165) is 16.7 Å². The molecule has 0 aliphatic rings. The largest absolute Gasteiger partial charge is 0.301 e. The second-order valence-electron chi connectivity index (χ2n) is 3.72. The summed E-state index contributed by atoms with van der Waals surface area (Å²) in [6.45, 7) is 0.658. The Kier molecular flexibility index (Phi) is 4.93. The molecule has 0 saturated carbocycles. The average Bonchev–Trinajstić information content (AvgIpc) is 2.45. The number of nitrogens with one attached hydrogen (secondary N) is 1. The molecule has 2 aromatic rings. The Balaban J connectivity index is 1.88. The Bertz CT molecular complexity index is 476. The third-order valence-corrected chi connectivity index (χ3v) is 3.46. The molecule has 1 aromatic carbocycles. The SMILES string of the molecule is O=CC(NCc1ccncc1)Sc1ccccc1. The number of hydrogen-bond donors (Lipinski definition) is 1. The monoisotopic (exact) mass is 258 g/mol. The second-order valence-corrected chi connectivity index (χ2v) is 4.94. The van der Waals surface area contributed by atoms with Gasteiger partial charge in [-0.2, -0.15) is 0 Å². The molecule has 0 spiro atoms. The first-order chi connectivity index (χ1) is 8.88. The van der Waals surface area contributed by atoms with Crippen LogP contribution in [0, 0.1) is 0 Å². The Morgan fingerprint density at radius 1 is 1.17 bits per heavy atom. The lowest BCUT2D eigenvalue weighted by molar-refractivity contribution is -0.107. The topological polar surface area (TPSA) is 42.0 Å². The van der Waals surface area contributed by atoms with Crippen LogP contribution in [0.15, 0.2) is 59.8 Å². The highest BCUT2D eigenvalue weighted by molar-refractivity contribution is 8.00. The highest BCUT2D eigenvalue weighted by atomic mass is 32.2. The smallest absolute Gasteiger partial charge is 0.147 e. The zero-order chi connectivity index (χ0) is 12.6. The highest BCUT2D eigenvalue weighted by Crippen LogP contribution is 2.20. The van der Waals surface area contributed by atoms with Crippen LogP contribution in [0.5, 0.6) is 0 Å². The number of aromatic nitrogens is 1. The van der Waals surface area contributed by atoms with Crippen molar-refractivity contribution in [3.05, 3.63) is 60.4 Å². The van der Waals surface area contributed by atoms with Crippen LogP contribution in [0.25, 0.3) is 0 Å². The molecule has 1 aromatic heterocycles. The van der Waals surface area contributed by atoms with Gasteiger partial charge in [0.2, 0.25) is 0 Å². The fraction of sp³-hybridized carbons (Fsp3) is 0.143. The number of benzene rings is 1. The molecular formula is C14H14N2OS. The summed E-state index contributed by atoms with van der Waals surface area (Å²) >= 11 is 1.51. The summed E-state index contributed by atoms with van der Waals surface area (Å²) < 4.78 is 0. The van der Waals surface area contributed by atoms with Gasteiger partial charge in [-0.3, -0.25) is 10.3 Å². The maximum absolute atomic E-state index is 11.0. The molecule has 0 aliphatic carbocycles. The molecule has 0 aliphatic heterocycles. The predicted molar refractivity (Wildman–Crippen MR) is 73.2 cm³/mol. The van der Waals surface area contributed by atoms with Crippen molar-refractivity contribution < 1.29 is 4.79 Å². The third-order valence-electron chi connectivity index (χ3n) is 2.39. The van der Waals surface area contributed by atoms with E-state index in [0.29, 0.717) is 6.54 Å². The van der Waals surface area contributed by atoms with Gasteiger partial charge in [0.05, 0.1) is 0 Å². The van der Waals surface area contributed by atoms with Crippen LogP contribution in [0.2, 0.25) is 0 Å². The van der Waals surface area contributed by atoms with Crippen molar-refractivity contribution in [2.45, 2.75) is 16.8 Å². The summed E-state index contributed by atoms with van der Waals surface area (Å²) in [6.07, 6.45) is 4.42. The molecule has 2 rings (SSSR count). The Morgan fingerprint density at radius 3 is 2.56 bits per heavy atom. The first-order valence-electron chi connectivity index (χ1n) is 5.68. The maximum atomic E-state index is 11.0. The number of rotatable bonds is 6. The summed E-state index contributed by atoms with van der Waals surface area (Å²) in [5.74, 6) is 0. The van der Waals surface area contributed by atoms with E-state index in [9.17, 15) is 4.79 Å². The molecule has 18 heavy (non-hydrogen) atoms. The lowest BCUT2D eigenvalue weighted by atomic mass is 10.3. The Labute approximate surface area is 111 Å². The summed E-state index contributed by atoms with van der Waals surface area (Å²) in [5.41, 5.74) is 1.12. The van der Waals surface area contributed by atoms with E-state index < -0.39 is 0 Å². The predicted octanol–water partition coefficient (Wildman–Crippen LogP) is 2.49. The van der Waals surface area contributed by atoms with Crippen LogP contribution in [-0.2, 0) is 11.3 Å². The van der Waals surface area contributed by atoms with Crippen LogP contribution in [-0.4, -0.2) is 16.6 Å². The number of hydrogen-bond acceptors (Lipinski definition) is 4. The average molecular weight is 258 g/mol. The van der Waals surface area contributed by atoms with Gasteiger partial charge in [0.25, 0.3) is 0 Å². The van der Waals surface area contributed by atoms with Gasteiger partial charge < -0.3 is 4.79 Å². The van der Waals surface area contributed by atoms with Crippen LogP contribution in [0.3, 0.4) is 0 Å². The fourth-order valence-electron chi connectivity index (χ4n) is 1.48. The van der Waals surface area contributed by atoms with Crippen molar-refractivity contribution in [3.63, 3.8) is 0 Å². The lowest BCUT2D eigenvalue weighted by Gasteiger charge is -2.12. The van der Waals surface area contributed by atoms with Crippen molar-refractivity contribution in [3.8, 4) is 0 Å². The molecule has 4 heteroatoms. The lowest BCUT2D eigenvalue weighted by Crippen LogP contribution is -2.26. The van der Waals surface area contributed by atoms with E-state index in [2.05, 4.69) is 10.3 Å². The molecule has 3 nitrogen and oxygen atoms in total. The number of nitrogens with zero attached hydrogens (tertiary/aromatic N) is 1. The molecule has 1 atom stereocenters. The number of pyridine rings is 1. The van der Waals surface area contributed by atoms with Gasteiger partial charge in [-0.1, -0.05) is 30.0 Å². The van der Waals surface area contributed by atoms with Gasteiger partial charge in [-0.25, -0.2) is 0 Å². The van der Waals surface area contributed by atoms with E-state index in [-0.39, 0.29) is 5.37 Å². The van der Waals surface area contributed by atoms with Crippen molar-refractivity contribution in [1.82, 2.24) is 10.3 Å².